The van der Waals surface area contributed by atoms with E-state index < -0.39 is 0 Å². The molecular formula is C19H21NO. The van der Waals surface area contributed by atoms with Gasteiger partial charge in [0, 0.05) is 17.6 Å². The largest absolute Gasteiger partial charge is 0.333 e. The van der Waals surface area contributed by atoms with Crippen LogP contribution in [0.3, 0.4) is 0 Å². The van der Waals surface area contributed by atoms with E-state index in [9.17, 15) is 4.79 Å². The lowest BCUT2D eigenvalue weighted by Gasteiger charge is -2.39. The van der Waals surface area contributed by atoms with Crippen molar-refractivity contribution in [1.82, 2.24) is 4.90 Å². The van der Waals surface area contributed by atoms with Gasteiger partial charge in [-0.15, -0.1) is 0 Å². The van der Waals surface area contributed by atoms with Crippen molar-refractivity contribution in [3.8, 4) is 11.1 Å². The lowest BCUT2D eigenvalue weighted by molar-refractivity contribution is 0.0562. The van der Waals surface area contributed by atoms with Crippen molar-refractivity contribution in [3.05, 3.63) is 59.7 Å². The Kier molecular flexibility index (Phi) is 3.32. The molecule has 0 N–H and O–H groups in total. The van der Waals surface area contributed by atoms with Gasteiger partial charge in [-0.3, -0.25) is 4.79 Å². The molecule has 0 saturated heterocycles. The summed E-state index contributed by atoms with van der Waals surface area (Å²) >= 11 is 0. The third-order valence-corrected chi connectivity index (χ3v) is 4.13. The Morgan fingerprint density at radius 3 is 2.24 bits per heavy atom. The molecule has 2 aromatic carbocycles. The van der Waals surface area contributed by atoms with Crippen LogP contribution in [0.15, 0.2) is 48.5 Å². The molecular weight excluding hydrogens is 258 g/mol. The van der Waals surface area contributed by atoms with Gasteiger partial charge in [-0.2, -0.15) is 0 Å². The fraction of sp³-hybridized carbons (Fsp3) is 0.316. The maximum absolute atomic E-state index is 12.8. The Morgan fingerprint density at radius 2 is 1.57 bits per heavy atom. The fourth-order valence-corrected chi connectivity index (χ4v) is 3.06. The van der Waals surface area contributed by atoms with E-state index >= 15 is 0 Å². The number of amides is 1. The summed E-state index contributed by atoms with van der Waals surface area (Å²) in [6.45, 7) is 7.07. The Bertz CT molecular complexity index is 668. The van der Waals surface area contributed by atoms with Crippen molar-refractivity contribution in [2.75, 3.05) is 6.54 Å². The molecule has 1 amide bonds. The number of rotatable bonds is 1. The average molecular weight is 279 g/mol. The van der Waals surface area contributed by atoms with Gasteiger partial charge in [-0.05, 0) is 49.9 Å². The topological polar surface area (TPSA) is 20.3 Å². The van der Waals surface area contributed by atoms with Gasteiger partial charge in [0.25, 0.3) is 5.91 Å². The van der Waals surface area contributed by atoms with Gasteiger partial charge in [0.15, 0.2) is 0 Å². The second kappa shape index (κ2) is 5.03. The van der Waals surface area contributed by atoms with Crippen LogP contribution in [0.1, 0.15) is 36.7 Å². The number of hydrogen-bond donors (Lipinski definition) is 0. The minimum atomic E-state index is -0.127. The molecule has 1 aliphatic rings. The number of carbonyl (C=O) groups is 1. The van der Waals surface area contributed by atoms with E-state index in [-0.39, 0.29) is 11.4 Å². The van der Waals surface area contributed by atoms with Crippen LogP contribution in [0, 0.1) is 0 Å². The Balaban J connectivity index is 2.08. The van der Waals surface area contributed by atoms with Crippen LogP contribution in [0.4, 0.5) is 0 Å². The predicted octanol–water partition coefficient (Wildman–Crippen LogP) is 4.15. The molecule has 2 aromatic rings. The highest BCUT2D eigenvalue weighted by molar-refractivity contribution is 5.99. The van der Waals surface area contributed by atoms with Crippen LogP contribution >= 0.6 is 0 Å². The van der Waals surface area contributed by atoms with Gasteiger partial charge >= 0.3 is 0 Å². The zero-order valence-corrected chi connectivity index (χ0v) is 12.9. The second-order valence-corrected chi connectivity index (χ2v) is 6.58. The van der Waals surface area contributed by atoms with Gasteiger partial charge in [0.1, 0.15) is 0 Å². The summed E-state index contributed by atoms with van der Waals surface area (Å²) in [6, 6.07) is 16.4. The molecule has 0 saturated carbocycles. The average Bonchev–Trinajstić information content (AvgIpc) is 2.47. The quantitative estimate of drug-likeness (QED) is 0.768. The standard InChI is InChI=1S/C19H21NO/c1-19(2,3)20-13-12-16-15(14-8-5-4-6-9-14)10-7-11-17(16)18(20)21/h4-11H,12-13H2,1-3H3. The minimum absolute atomic E-state index is 0.127. The second-order valence-electron chi connectivity index (χ2n) is 6.58. The van der Waals surface area contributed by atoms with Crippen molar-refractivity contribution in [2.24, 2.45) is 0 Å². The molecule has 0 unspecified atom stereocenters. The maximum atomic E-state index is 12.8. The summed E-state index contributed by atoms with van der Waals surface area (Å²) in [5, 5.41) is 0. The Morgan fingerprint density at radius 1 is 0.905 bits per heavy atom. The molecule has 0 fully saturated rings. The van der Waals surface area contributed by atoms with E-state index in [2.05, 4.69) is 39.0 Å². The SMILES string of the molecule is CC(C)(C)N1CCc2c(cccc2-c2ccccc2)C1=O. The van der Waals surface area contributed by atoms with Crippen LogP contribution < -0.4 is 0 Å². The fourth-order valence-electron chi connectivity index (χ4n) is 3.06. The first-order valence-corrected chi connectivity index (χ1v) is 7.48. The summed E-state index contributed by atoms with van der Waals surface area (Å²) in [6.07, 6.45) is 0.920. The van der Waals surface area contributed by atoms with Gasteiger partial charge in [0.2, 0.25) is 0 Å². The van der Waals surface area contributed by atoms with Crippen molar-refractivity contribution in [2.45, 2.75) is 32.7 Å². The zero-order valence-electron chi connectivity index (χ0n) is 12.9. The van der Waals surface area contributed by atoms with Crippen molar-refractivity contribution >= 4 is 5.91 Å². The van der Waals surface area contributed by atoms with Crippen LogP contribution in [0.5, 0.6) is 0 Å². The first-order chi connectivity index (χ1) is 9.98. The summed E-state index contributed by atoms with van der Waals surface area (Å²) in [5.74, 6) is 0.154. The summed E-state index contributed by atoms with van der Waals surface area (Å²) in [5.41, 5.74) is 4.30. The van der Waals surface area contributed by atoms with E-state index in [0.717, 1.165) is 18.5 Å². The molecule has 3 rings (SSSR count). The molecule has 1 aliphatic heterocycles. The minimum Gasteiger partial charge on any atom is -0.333 e. The smallest absolute Gasteiger partial charge is 0.254 e. The van der Waals surface area contributed by atoms with E-state index in [1.165, 1.54) is 16.7 Å². The number of benzene rings is 2. The number of carbonyl (C=O) groups excluding carboxylic acids is 1. The van der Waals surface area contributed by atoms with Crippen LogP contribution in [0.2, 0.25) is 0 Å². The molecule has 0 aromatic heterocycles. The summed E-state index contributed by atoms with van der Waals surface area (Å²) in [7, 11) is 0. The molecule has 2 nitrogen and oxygen atoms in total. The molecule has 21 heavy (non-hydrogen) atoms. The van der Waals surface area contributed by atoms with Crippen LogP contribution in [0.25, 0.3) is 11.1 Å². The lowest BCUT2D eigenvalue weighted by atomic mass is 9.88. The molecule has 0 bridgehead atoms. The highest BCUT2D eigenvalue weighted by atomic mass is 16.2. The monoisotopic (exact) mass is 279 g/mol. The Labute approximate surface area is 126 Å². The highest BCUT2D eigenvalue weighted by Gasteiger charge is 2.32. The zero-order chi connectivity index (χ0) is 15.0. The van der Waals surface area contributed by atoms with Crippen molar-refractivity contribution in [1.29, 1.82) is 0 Å². The third kappa shape index (κ3) is 2.46. The highest BCUT2D eigenvalue weighted by Crippen LogP contribution is 2.32. The van der Waals surface area contributed by atoms with Gasteiger partial charge in [-0.25, -0.2) is 0 Å². The molecule has 0 radical (unpaired) electrons. The molecule has 1 heterocycles. The van der Waals surface area contributed by atoms with Gasteiger partial charge in [0.05, 0.1) is 0 Å². The normalized spacial score (nSPS) is 15.0. The van der Waals surface area contributed by atoms with Gasteiger partial charge < -0.3 is 4.90 Å². The maximum Gasteiger partial charge on any atom is 0.254 e. The molecule has 2 heteroatoms. The van der Waals surface area contributed by atoms with E-state index in [0.29, 0.717) is 0 Å². The van der Waals surface area contributed by atoms with Crippen molar-refractivity contribution in [3.63, 3.8) is 0 Å². The molecule has 0 atom stereocenters. The van der Waals surface area contributed by atoms with Crippen LogP contribution in [-0.2, 0) is 6.42 Å². The van der Waals surface area contributed by atoms with Crippen LogP contribution in [-0.4, -0.2) is 22.9 Å². The molecule has 0 spiro atoms. The van der Waals surface area contributed by atoms with E-state index in [4.69, 9.17) is 0 Å². The van der Waals surface area contributed by atoms with Crippen molar-refractivity contribution < 1.29 is 4.79 Å². The first-order valence-electron chi connectivity index (χ1n) is 7.48. The third-order valence-electron chi connectivity index (χ3n) is 4.13. The summed E-state index contributed by atoms with van der Waals surface area (Å²) < 4.78 is 0. The van der Waals surface area contributed by atoms with Gasteiger partial charge in [-0.1, -0.05) is 42.5 Å². The lowest BCUT2D eigenvalue weighted by Crippen LogP contribution is -2.49. The molecule has 108 valence electrons. The summed E-state index contributed by atoms with van der Waals surface area (Å²) in [4.78, 5) is 14.7. The number of fused-ring (bicyclic) bond motifs is 1. The number of hydrogen-bond acceptors (Lipinski definition) is 1. The number of nitrogens with zero attached hydrogens (tertiary/aromatic N) is 1. The molecule has 0 aliphatic carbocycles. The first kappa shape index (κ1) is 13.9. The van der Waals surface area contributed by atoms with E-state index in [1.807, 2.05) is 35.2 Å². The predicted molar refractivity (Wildman–Crippen MR) is 86.4 cm³/mol. The van der Waals surface area contributed by atoms with E-state index in [1.54, 1.807) is 0 Å². The Hall–Kier alpha value is -2.09.